The number of anilines is 1. The standard InChI is InChI=1S/C17H21ClN2O2.C10H18N2O.C7H4ClFO/c18-15-4-3-14(12-21)16(11-15)19-9-5-13(6-10-19)17(22)20-7-1-2-8-20;13-10(12-7-1-2-8-12)9-3-5-11-6-4-9;8-6-2-1-5(4-10)7(9)3-6/h3-4,11-13H,1-2,5-10H2;9,11H,1-8H2;1-4H. The molecule has 2 aromatic carbocycles. The fourth-order valence-corrected chi connectivity index (χ4v) is 6.64. The molecule has 0 atom stereocenters. The average Bonchev–Trinajstić information content (AvgIpc) is 3.81. The van der Waals surface area contributed by atoms with E-state index in [-0.39, 0.29) is 11.5 Å². The van der Waals surface area contributed by atoms with Crippen LogP contribution in [0.1, 0.15) is 72.1 Å². The van der Waals surface area contributed by atoms with Gasteiger partial charge < -0.3 is 20.0 Å². The predicted octanol–water partition coefficient (Wildman–Crippen LogP) is 5.89. The molecule has 4 aliphatic heterocycles. The second-order valence-corrected chi connectivity index (χ2v) is 12.8. The van der Waals surface area contributed by atoms with Crippen LogP contribution in [-0.2, 0) is 9.59 Å². The number of rotatable bonds is 5. The maximum absolute atomic E-state index is 12.5. The lowest BCUT2D eigenvalue weighted by Crippen LogP contribution is -2.41. The highest BCUT2D eigenvalue weighted by molar-refractivity contribution is 6.31. The van der Waals surface area contributed by atoms with Crippen molar-refractivity contribution >= 4 is 53.3 Å². The van der Waals surface area contributed by atoms with Crippen molar-refractivity contribution in [2.75, 3.05) is 57.3 Å². The lowest BCUT2D eigenvalue weighted by atomic mass is 9.94. The zero-order chi connectivity index (χ0) is 32.2. The number of nitrogens with one attached hydrogen (secondary N) is 1. The Morgan fingerprint density at radius 1 is 0.689 bits per heavy atom. The Balaban J connectivity index is 0.000000170. The first-order chi connectivity index (χ1) is 21.8. The quantitative estimate of drug-likeness (QED) is 0.402. The van der Waals surface area contributed by atoms with Crippen LogP contribution >= 0.6 is 23.2 Å². The zero-order valence-corrected chi connectivity index (χ0v) is 27.2. The maximum Gasteiger partial charge on any atom is 0.225 e. The summed E-state index contributed by atoms with van der Waals surface area (Å²) in [4.78, 5) is 51.8. The molecule has 0 spiro atoms. The third kappa shape index (κ3) is 9.99. The van der Waals surface area contributed by atoms with E-state index >= 15 is 0 Å². The molecular formula is C34H43Cl2FN4O4. The van der Waals surface area contributed by atoms with Crippen molar-refractivity contribution in [1.29, 1.82) is 0 Å². The van der Waals surface area contributed by atoms with Crippen LogP contribution in [0.25, 0.3) is 0 Å². The van der Waals surface area contributed by atoms with Crippen molar-refractivity contribution in [1.82, 2.24) is 15.1 Å². The molecular weight excluding hydrogens is 618 g/mol. The van der Waals surface area contributed by atoms with E-state index < -0.39 is 5.82 Å². The lowest BCUT2D eigenvalue weighted by Gasteiger charge is -2.35. The summed E-state index contributed by atoms with van der Waals surface area (Å²) in [7, 11) is 0. The first-order valence-corrected chi connectivity index (χ1v) is 16.7. The maximum atomic E-state index is 12.5. The van der Waals surface area contributed by atoms with Crippen molar-refractivity contribution in [3.63, 3.8) is 0 Å². The van der Waals surface area contributed by atoms with Gasteiger partial charge in [-0.05, 0) is 101 Å². The van der Waals surface area contributed by atoms with E-state index in [0.29, 0.717) is 39.6 Å². The van der Waals surface area contributed by atoms with Crippen LogP contribution in [0.2, 0.25) is 10.0 Å². The Kier molecular flexibility index (Phi) is 13.6. The summed E-state index contributed by atoms with van der Waals surface area (Å²) in [6, 6.07) is 9.24. The zero-order valence-electron chi connectivity index (χ0n) is 25.7. The van der Waals surface area contributed by atoms with Gasteiger partial charge >= 0.3 is 0 Å². The Hall–Kier alpha value is -3.01. The Morgan fingerprint density at radius 2 is 1.16 bits per heavy atom. The van der Waals surface area contributed by atoms with Crippen molar-refractivity contribution in [2.45, 2.75) is 51.4 Å². The van der Waals surface area contributed by atoms with Gasteiger partial charge in [0.2, 0.25) is 11.8 Å². The minimum Gasteiger partial charge on any atom is -0.371 e. The summed E-state index contributed by atoms with van der Waals surface area (Å²) >= 11 is 11.5. The van der Waals surface area contributed by atoms with E-state index in [4.69, 9.17) is 23.2 Å². The normalized spacial score (nSPS) is 18.9. The number of hydrogen-bond donors (Lipinski definition) is 1. The van der Waals surface area contributed by atoms with Gasteiger partial charge in [0.1, 0.15) is 5.82 Å². The molecule has 45 heavy (non-hydrogen) atoms. The third-order valence-corrected chi connectivity index (χ3v) is 9.39. The molecule has 2 amide bonds. The summed E-state index contributed by atoms with van der Waals surface area (Å²) in [5.41, 5.74) is 1.58. The highest BCUT2D eigenvalue weighted by Crippen LogP contribution is 2.29. The molecule has 4 aliphatic rings. The monoisotopic (exact) mass is 660 g/mol. The molecule has 6 rings (SSSR count). The van der Waals surface area contributed by atoms with E-state index in [1.54, 1.807) is 12.1 Å². The lowest BCUT2D eigenvalue weighted by molar-refractivity contribution is -0.135. The minimum atomic E-state index is -0.581. The molecule has 2 aromatic rings. The van der Waals surface area contributed by atoms with Gasteiger partial charge in [-0.25, -0.2) is 4.39 Å². The van der Waals surface area contributed by atoms with E-state index in [2.05, 4.69) is 15.1 Å². The topological polar surface area (TPSA) is 90.0 Å². The number of carbonyl (C=O) groups excluding carboxylic acids is 4. The molecule has 4 fully saturated rings. The Morgan fingerprint density at radius 3 is 1.64 bits per heavy atom. The predicted molar refractivity (Wildman–Crippen MR) is 176 cm³/mol. The van der Waals surface area contributed by atoms with Crippen molar-refractivity contribution in [3.8, 4) is 0 Å². The van der Waals surface area contributed by atoms with Gasteiger partial charge in [-0.15, -0.1) is 0 Å². The van der Waals surface area contributed by atoms with E-state index in [9.17, 15) is 23.6 Å². The van der Waals surface area contributed by atoms with Crippen LogP contribution in [0.3, 0.4) is 0 Å². The second kappa shape index (κ2) is 17.6. The Labute approximate surface area is 275 Å². The summed E-state index contributed by atoms with van der Waals surface area (Å²) in [6.45, 7) is 7.47. The van der Waals surface area contributed by atoms with Crippen molar-refractivity contribution in [3.05, 3.63) is 63.4 Å². The number of halogens is 3. The summed E-state index contributed by atoms with van der Waals surface area (Å²) < 4.78 is 12.5. The molecule has 0 aliphatic carbocycles. The smallest absolute Gasteiger partial charge is 0.225 e. The second-order valence-electron chi connectivity index (χ2n) is 12.0. The van der Waals surface area contributed by atoms with Crippen LogP contribution in [0.15, 0.2) is 36.4 Å². The van der Waals surface area contributed by atoms with E-state index in [0.717, 1.165) is 109 Å². The molecule has 0 unspecified atom stereocenters. The van der Waals surface area contributed by atoms with Gasteiger partial charge in [0.05, 0.1) is 5.56 Å². The molecule has 0 saturated carbocycles. The molecule has 244 valence electrons. The minimum absolute atomic E-state index is 0.0319. The van der Waals surface area contributed by atoms with Crippen LogP contribution < -0.4 is 10.2 Å². The molecule has 0 radical (unpaired) electrons. The molecule has 8 nitrogen and oxygen atoms in total. The number of hydrogen-bond acceptors (Lipinski definition) is 6. The summed E-state index contributed by atoms with van der Waals surface area (Å²) in [6.07, 6.45) is 9.77. The number of carbonyl (C=O) groups is 4. The number of benzene rings is 2. The largest absolute Gasteiger partial charge is 0.371 e. The van der Waals surface area contributed by atoms with Gasteiger partial charge in [0, 0.05) is 72.4 Å². The number of aldehydes is 2. The summed E-state index contributed by atoms with van der Waals surface area (Å²) in [5, 5.41) is 4.22. The average molecular weight is 662 g/mol. The first-order valence-electron chi connectivity index (χ1n) is 16.0. The van der Waals surface area contributed by atoms with Crippen molar-refractivity contribution in [2.24, 2.45) is 11.8 Å². The summed E-state index contributed by atoms with van der Waals surface area (Å²) in [5.74, 6) is 0.605. The van der Waals surface area contributed by atoms with E-state index in [1.165, 1.54) is 25.0 Å². The van der Waals surface area contributed by atoms with Gasteiger partial charge in [-0.1, -0.05) is 23.2 Å². The number of piperidine rings is 2. The third-order valence-electron chi connectivity index (χ3n) is 8.92. The molecule has 4 saturated heterocycles. The SMILES string of the molecule is O=C(C1CCNCC1)N1CCCC1.O=Cc1ccc(Cl)cc1F.O=Cc1ccc(Cl)cc1N1CCC(C(=O)N2CCCC2)CC1. The number of nitrogens with zero attached hydrogens (tertiary/aromatic N) is 3. The fourth-order valence-electron chi connectivity index (χ4n) is 6.32. The Bertz CT molecular complexity index is 1300. The molecule has 11 heteroatoms. The van der Waals surface area contributed by atoms with Crippen LogP contribution in [0.5, 0.6) is 0 Å². The number of likely N-dealkylation sites (tertiary alicyclic amines) is 2. The molecule has 0 aromatic heterocycles. The van der Waals surface area contributed by atoms with Crippen LogP contribution in [0.4, 0.5) is 10.1 Å². The highest BCUT2D eigenvalue weighted by atomic mass is 35.5. The fraction of sp³-hybridized carbons (Fsp3) is 0.529. The van der Waals surface area contributed by atoms with Gasteiger partial charge in [0.25, 0.3) is 0 Å². The van der Waals surface area contributed by atoms with Crippen LogP contribution in [-0.4, -0.2) is 86.5 Å². The molecule has 1 N–H and O–H groups in total. The van der Waals surface area contributed by atoms with Gasteiger partial charge in [-0.3, -0.25) is 19.2 Å². The highest BCUT2D eigenvalue weighted by Gasteiger charge is 2.30. The van der Waals surface area contributed by atoms with Crippen LogP contribution in [0, 0.1) is 17.7 Å². The number of amides is 2. The van der Waals surface area contributed by atoms with Crippen molar-refractivity contribution < 1.29 is 23.6 Å². The van der Waals surface area contributed by atoms with Gasteiger partial charge in [0.15, 0.2) is 12.6 Å². The molecule has 4 heterocycles. The van der Waals surface area contributed by atoms with Gasteiger partial charge in [-0.2, -0.15) is 0 Å². The first kappa shape index (κ1) is 34.9. The molecule has 0 bridgehead atoms. The van der Waals surface area contributed by atoms with E-state index in [1.807, 2.05) is 11.0 Å².